The van der Waals surface area contributed by atoms with Crippen molar-refractivity contribution >= 4 is 52.6 Å². The molecule has 3 rings (SSSR count). The maximum Gasteiger partial charge on any atom is 0.191 e. The monoisotopic (exact) mass is 462 g/mol. The quantitative estimate of drug-likeness (QED) is 0.387. The van der Waals surface area contributed by atoms with Gasteiger partial charge in [0.1, 0.15) is 0 Å². The van der Waals surface area contributed by atoms with Crippen LogP contribution in [0.3, 0.4) is 0 Å². The molecule has 7 heteroatoms. The Bertz CT molecular complexity index is 646. The summed E-state index contributed by atoms with van der Waals surface area (Å²) in [5, 5.41) is 10.0. The number of aliphatic imine (C=N–C) groups is 1. The van der Waals surface area contributed by atoms with Crippen LogP contribution in [0.2, 0.25) is 0 Å². The van der Waals surface area contributed by atoms with Crippen LogP contribution in [-0.2, 0) is 6.42 Å². The van der Waals surface area contributed by atoms with Gasteiger partial charge in [-0.3, -0.25) is 4.99 Å². The molecule has 2 heterocycles. The number of aryl methyl sites for hydroxylation is 1. The minimum atomic E-state index is 0. The first-order valence-corrected chi connectivity index (χ1v) is 9.50. The SMILES string of the molecule is CCNC(=NCCc1ccc(-c2csc(C)n2)s1)NC1CC1.I. The first-order valence-electron chi connectivity index (χ1n) is 7.80. The van der Waals surface area contributed by atoms with E-state index in [9.17, 15) is 0 Å². The van der Waals surface area contributed by atoms with Gasteiger partial charge < -0.3 is 10.6 Å². The lowest BCUT2D eigenvalue weighted by Gasteiger charge is -2.09. The zero-order valence-corrected chi connectivity index (χ0v) is 17.4. The Morgan fingerprint density at radius 3 is 2.87 bits per heavy atom. The van der Waals surface area contributed by atoms with Gasteiger partial charge in [-0.15, -0.1) is 46.7 Å². The normalized spacial score (nSPS) is 14.4. The van der Waals surface area contributed by atoms with E-state index >= 15 is 0 Å². The van der Waals surface area contributed by atoms with Crippen LogP contribution in [0.25, 0.3) is 10.6 Å². The van der Waals surface area contributed by atoms with E-state index in [4.69, 9.17) is 0 Å². The van der Waals surface area contributed by atoms with Gasteiger partial charge in [-0.2, -0.15) is 0 Å². The standard InChI is InChI=1S/C16H22N4S2.HI/c1-3-17-16(20-12-4-5-12)18-9-8-13-6-7-15(22-13)14-10-21-11(2)19-14;/h6-7,10,12H,3-5,8-9H2,1-2H3,(H2,17,18,20);1H. The first-order chi connectivity index (χ1) is 10.7. The number of halogens is 1. The predicted octanol–water partition coefficient (Wildman–Crippen LogP) is 4.06. The van der Waals surface area contributed by atoms with Crippen LogP contribution < -0.4 is 10.6 Å². The van der Waals surface area contributed by atoms with Crippen molar-refractivity contribution in [1.29, 1.82) is 0 Å². The minimum Gasteiger partial charge on any atom is -0.357 e. The summed E-state index contributed by atoms with van der Waals surface area (Å²) >= 11 is 3.53. The summed E-state index contributed by atoms with van der Waals surface area (Å²) in [4.78, 5) is 11.8. The zero-order chi connectivity index (χ0) is 15.4. The van der Waals surface area contributed by atoms with Crippen LogP contribution >= 0.6 is 46.7 Å². The second-order valence-corrected chi connectivity index (χ2v) is 7.68. The van der Waals surface area contributed by atoms with Gasteiger partial charge in [-0.1, -0.05) is 0 Å². The van der Waals surface area contributed by atoms with Crippen molar-refractivity contribution in [3.63, 3.8) is 0 Å². The Kier molecular flexibility index (Phi) is 7.29. The van der Waals surface area contributed by atoms with Gasteiger partial charge in [-0.25, -0.2) is 4.98 Å². The van der Waals surface area contributed by atoms with E-state index in [1.807, 2.05) is 18.3 Å². The van der Waals surface area contributed by atoms with Crippen LogP contribution in [0.4, 0.5) is 0 Å². The fraction of sp³-hybridized carbons (Fsp3) is 0.500. The van der Waals surface area contributed by atoms with Crippen LogP contribution in [0.5, 0.6) is 0 Å². The molecule has 1 fully saturated rings. The minimum absolute atomic E-state index is 0. The average molecular weight is 462 g/mol. The average Bonchev–Trinajstić information content (AvgIpc) is 3.00. The largest absolute Gasteiger partial charge is 0.357 e. The van der Waals surface area contributed by atoms with Gasteiger partial charge in [-0.05, 0) is 38.8 Å². The molecule has 1 aliphatic carbocycles. The fourth-order valence-corrected chi connectivity index (χ4v) is 3.79. The van der Waals surface area contributed by atoms with Crippen molar-refractivity contribution < 1.29 is 0 Å². The van der Waals surface area contributed by atoms with Crippen molar-refractivity contribution in [1.82, 2.24) is 15.6 Å². The van der Waals surface area contributed by atoms with E-state index in [-0.39, 0.29) is 24.0 Å². The van der Waals surface area contributed by atoms with E-state index in [0.29, 0.717) is 6.04 Å². The Balaban J connectivity index is 0.00000192. The van der Waals surface area contributed by atoms with Crippen molar-refractivity contribution in [3.8, 4) is 10.6 Å². The molecule has 1 saturated carbocycles. The lowest BCUT2D eigenvalue weighted by molar-refractivity contribution is 0.809. The number of aromatic nitrogens is 1. The molecule has 0 aromatic carbocycles. The topological polar surface area (TPSA) is 49.3 Å². The molecule has 2 N–H and O–H groups in total. The predicted molar refractivity (Wildman–Crippen MR) is 111 cm³/mol. The van der Waals surface area contributed by atoms with Crippen molar-refractivity contribution in [3.05, 3.63) is 27.4 Å². The van der Waals surface area contributed by atoms with Crippen molar-refractivity contribution in [2.75, 3.05) is 13.1 Å². The maximum atomic E-state index is 4.66. The second kappa shape index (κ2) is 8.98. The van der Waals surface area contributed by atoms with E-state index < -0.39 is 0 Å². The summed E-state index contributed by atoms with van der Waals surface area (Å²) in [5.41, 5.74) is 1.10. The molecule has 0 unspecified atom stereocenters. The van der Waals surface area contributed by atoms with E-state index in [2.05, 4.69) is 45.0 Å². The summed E-state index contributed by atoms with van der Waals surface area (Å²) in [6.45, 7) is 5.88. The van der Waals surface area contributed by atoms with E-state index in [1.165, 1.54) is 22.6 Å². The third-order valence-corrected chi connectivity index (χ3v) is 5.36. The zero-order valence-electron chi connectivity index (χ0n) is 13.5. The summed E-state index contributed by atoms with van der Waals surface area (Å²) in [6.07, 6.45) is 3.52. The van der Waals surface area contributed by atoms with Gasteiger partial charge in [0, 0.05) is 35.8 Å². The van der Waals surface area contributed by atoms with Gasteiger partial charge in [0.2, 0.25) is 0 Å². The lowest BCUT2D eigenvalue weighted by Crippen LogP contribution is -2.38. The third-order valence-electron chi connectivity index (χ3n) is 3.42. The molecule has 0 radical (unpaired) electrons. The molecule has 126 valence electrons. The van der Waals surface area contributed by atoms with Crippen LogP contribution in [0.15, 0.2) is 22.5 Å². The van der Waals surface area contributed by atoms with E-state index in [0.717, 1.165) is 36.2 Å². The summed E-state index contributed by atoms with van der Waals surface area (Å²) in [5.74, 6) is 0.955. The highest BCUT2D eigenvalue weighted by atomic mass is 127. The smallest absolute Gasteiger partial charge is 0.191 e. The maximum absolute atomic E-state index is 4.66. The van der Waals surface area contributed by atoms with Gasteiger partial charge in [0.15, 0.2) is 5.96 Å². The molecule has 0 spiro atoms. The Labute approximate surface area is 162 Å². The molecule has 2 aromatic heterocycles. The summed E-state index contributed by atoms with van der Waals surface area (Å²) < 4.78 is 0. The lowest BCUT2D eigenvalue weighted by atomic mass is 10.3. The molecule has 0 aliphatic heterocycles. The summed E-state index contributed by atoms with van der Waals surface area (Å²) in [7, 11) is 0. The molecular formula is C16H23IN4S2. The number of guanidine groups is 1. The molecular weight excluding hydrogens is 439 g/mol. The Hall–Kier alpha value is -0.670. The number of rotatable bonds is 6. The van der Waals surface area contributed by atoms with Gasteiger partial charge in [0.25, 0.3) is 0 Å². The Morgan fingerprint density at radius 2 is 2.22 bits per heavy atom. The van der Waals surface area contributed by atoms with Crippen LogP contribution in [0.1, 0.15) is 29.7 Å². The highest BCUT2D eigenvalue weighted by Gasteiger charge is 2.21. The third kappa shape index (κ3) is 5.72. The number of thiazole rings is 1. The van der Waals surface area contributed by atoms with Crippen LogP contribution in [0, 0.1) is 6.92 Å². The molecule has 1 aliphatic rings. The molecule has 2 aromatic rings. The molecule has 4 nitrogen and oxygen atoms in total. The van der Waals surface area contributed by atoms with Crippen molar-refractivity contribution in [2.45, 2.75) is 39.2 Å². The van der Waals surface area contributed by atoms with Gasteiger partial charge >= 0.3 is 0 Å². The molecule has 0 saturated heterocycles. The number of hydrogen-bond acceptors (Lipinski definition) is 4. The number of hydrogen-bond donors (Lipinski definition) is 2. The number of nitrogens with zero attached hydrogens (tertiary/aromatic N) is 2. The number of thiophene rings is 1. The van der Waals surface area contributed by atoms with Crippen molar-refractivity contribution in [2.24, 2.45) is 4.99 Å². The highest BCUT2D eigenvalue weighted by molar-refractivity contribution is 14.0. The Morgan fingerprint density at radius 1 is 1.39 bits per heavy atom. The molecule has 0 amide bonds. The molecule has 0 bridgehead atoms. The first kappa shape index (κ1) is 18.7. The molecule has 0 atom stereocenters. The fourth-order valence-electron chi connectivity index (χ4n) is 2.15. The van der Waals surface area contributed by atoms with E-state index in [1.54, 1.807) is 11.3 Å². The highest BCUT2D eigenvalue weighted by Crippen LogP contribution is 2.29. The van der Waals surface area contributed by atoms with Gasteiger partial charge in [0.05, 0.1) is 15.6 Å². The summed E-state index contributed by atoms with van der Waals surface area (Å²) in [6, 6.07) is 5.01. The van der Waals surface area contributed by atoms with Crippen LogP contribution in [-0.4, -0.2) is 30.1 Å². The second-order valence-electron chi connectivity index (χ2n) is 5.45. The molecule has 23 heavy (non-hydrogen) atoms. The number of nitrogens with one attached hydrogen (secondary N) is 2.